The van der Waals surface area contributed by atoms with Gasteiger partial charge < -0.3 is 0 Å². The number of aliphatic imine (C=N–C) groups is 1. The Morgan fingerprint density at radius 3 is 2.06 bits per heavy atom. The van der Waals surface area contributed by atoms with Crippen LogP contribution in [0.15, 0.2) is 29.3 Å². The van der Waals surface area contributed by atoms with Gasteiger partial charge in [0, 0.05) is 5.56 Å². The van der Waals surface area contributed by atoms with Crippen molar-refractivity contribution < 1.29 is 25.9 Å². The van der Waals surface area contributed by atoms with E-state index in [1.165, 1.54) is 18.2 Å². The van der Waals surface area contributed by atoms with Gasteiger partial charge in [-0.25, -0.2) is 0 Å². The van der Waals surface area contributed by atoms with Crippen LogP contribution in [0.2, 0.25) is 0 Å². The predicted octanol–water partition coefficient (Wildman–Crippen LogP) is 0.331. The molecule has 0 aliphatic carbocycles. The molecular weight excluding hydrogens is 270 g/mol. The lowest BCUT2D eigenvalue weighted by molar-refractivity contribution is 0.447. The Kier molecular flexibility index (Phi) is 2.40. The number of hydrogen-bond donors (Lipinski definition) is 2. The number of nitrogens with zero attached hydrogens (tertiary/aromatic N) is 1. The first-order chi connectivity index (χ1) is 7.70. The second-order valence-electron chi connectivity index (χ2n) is 3.39. The quantitative estimate of drug-likeness (QED) is 0.751. The van der Waals surface area contributed by atoms with Crippen LogP contribution in [0.4, 0.5) is 5.69 Å². The van der Waals surface area contributed by atoms with Crippen molar-refractivity contribution in [2.45, 2.75) is 4.08 Å². The lowest BCUT2D eigenvalue weighted by Crippen LogP contribution is -2.43. The fourth-order valence-electron chi connectivity index (χ4n) is 1.65. The van der Waals surface area contributed by atoms with Crippen molar-refractivity contribution in [1.82, 2.24) is 0 Å². The highest BCUT2D eigenvalue weighted by Gasteiger charge is 2.58. The summed E-state index contributed by atoms with van der Waals surface area (Å²) in [7, 11) is -10.2. The maximum absolute atomic E-state index is 11.3. The first-order valence-corrected chi connectivity index (χ1v) is 7.17. The van der Waals surface area contributed by atoms with Gasteiger partial charge in [-0.05, 0) is 6.07 Å². The second-order valence-corrected chi connectivity index (χ2v) is 6.84. The van der Waals surface area contributed by atoms with Gasteiger partial charge >= 0.3 is 0 Å². The number of fused-ring (bicyclic) bond motifs is 1. The van der Waals surface area contributed by atoms with Crippen LogP contribution >= 0.6 is 0 Å². The molecule has 1 aromatic rings. The average Bonchev–Trinajstić information content (AvgIpc) is 2.55. The van der Waals surface area contributed by atoms with Crippen molar-refractivity contribution in [3.63, 3.8) is 0 Å². The fraction of sp³-hybridized carbons (Fsp3) is 0.125. The van der Waals surface area contributed by atoms with E-state index in [1.54, 1.807) is 0 Å². The lowest BCUT2D eigenvalue weighted by atomic mass is 10.1. The molecule has 1 aliphatic heterocycles. The minimum absolute atomic E-state index is 0.0581. The predicted molar refractivity (Wildman–Crippen MR) is 59.4 cm³/mol. The van der Waals surface area contributed by atoms with E-state index in [-0.39, 0.29) is 11.3 Å². The SMILES string of the molecule is O=S(=O)(O)C1(S(=O)(=O)O)C=Nc2ccccc21. The number of benzene rings is 1. The van der Waals surface area contributed by atoms with Crippen LogP contribution in [0, 0.1) is 0 Å². The molecule has 0 amide bonds. The van der Waals surface area contributed by atoms with Crippen LogP contribution in [-0.4, -0.2) is 32.2 Å². The minimum Gasteiger partial charge on any atom is -0.284 e. The lowest BCUT2D eigenvalue weighted by Gasteiger charge is -2.20. The smallest absolute Gasteiger partial charge is 0.284 e. The molecule has 0 atom stereocenters. The molecule has 17 heavy (non-hydrogen) atoms. The normalized spacial score (nSPS) is 18.0. The zero-order chi connectivity index (χ0) is 12.9. The number of rotatable bonds is 2. The van der Waals surface area contributed by atoms with E-state index < -0.39 is 24.3 Å². The number of hydrogen-bond acceptors (Lipinski definition) is 5. The first kappa shape index (κ1) is 12.2. The first-order valence-electron chi connectivity index (χ1n) is 4.29. The van der Waals surface area contributed by atoms with E-state index >= 15 is 0 Å². The summed E-state index contributed by atoms with van der Waals surface area (Å²) in [6.45, 7) is 0. The molecule has 2 N–H and O–H groups in total. The number of para-hydroxylation sites is 1. The molecule has 1 heterocycles. The molecule has 0 saturated heterocycles. The van der Waals surface area contributed by atoms with E-state index in [2.05, 4.69) is 4.99 Å². The molecule has 9 heteroatoms. The van der Waals surface area contributed by atoms with Crippen LogP contribution in [0.3, 0.4) is 0 Å². The van der Waals surface area contributed by atoms with E-state index in [0.717, 1.165) is 6.07 Å². The fourth-order valence-corrected chi connectivity index (χ4v) is 3.99. The van der Waals surface area contributed by atoms with Crippen molar-refractivity contribution >= 4 is 32.1 Å². The summed E-state index contributed by atoms with van der Waals surface area (Å²) >= 11 is 0. The van der Waals surface area contributed by atoms with Gasteiger partial charge in [0.05, 0.1) is 11.9 Å². The topological polar surface area (TPSA) is 121 Å². The maximum atomic E-state index is 11.3. The molecule has 1 aliphatic rings. The van der Waals surface area contributed by atoms with Gasteiger partial charge in [-0.3, -0.25) is 14.1 Å². The Morgan fingerprint density at radius 1 is 1.00 bits per heavy atom. The van der Waals surface area contributed by atoms with Crippen LogP contribution in [0.5, 0.6) is 0 Å². The second kappa shape index (κ2) is 3.35. The van der Waals surface area contributed by atoms with Crippen LogP contribution in [0.25, 0.3) is 0 Å². The van der Waals surface area contributed by atoms with Crippen molar-refractivity contribution in [3.05, 3.63) is 29.8 Å². The Labute approximate surface area is 97.3 Å². The Balaban J connectivity index is 2.93. The summed E-state index contributed by atoms with van der Waals surface area (Å²) in [5.74, 6) is 0. The highest BCUT2D eigenvalue weighted by Crippen LogP contribution is 2.43. The molecule has 92 valence electrons. The van der Waals surface area contributed by atoms with Gasteiger partial charge in [-0.15, -0.1) is 0 Å². The molecule has 1 aromatic carbocycles. The van der Waals surface area contributed by atoms with Gasteiger partial charge in [-0.1, -0.05) is 18.2 Å². The van der Waals surface area contributed by atoms with Gasteiger partial charge in [0.25, 0.3) is 24.3 Å². The summed E-state index contributed by atoms with van der Waals surface area (Å²) in [5, 5.41) is 0. The van der Waals surface area contributed by atoms with Gasteiger partial charge in [-0.2, -0.15) is 16.8 Å². The highest BCUT2D eigenvalue weighted by molar-refractivity contribution is 8.05. The van der Waals surface area contributed by atoms with E-state index in [4.69, 9.17) is 9.11 Å². The van der Waals surface area contributed by atoms with Crippen molar-refractivity contribution in [1.29, 1.82) is 0 Å². The Morgan fingerprint density at radius 2 is 1.53 bits per heavy atom. The van der Waals surface area contributed by atoms with Gasteiger partial charge in [0.1, 0.15) is 0 Å². The average molecular weight is 277 g/mol. The zero-order valence-electron chi connectivity index (χ0n) is 8.18. The van der Waals surface area contributed by atoms with E-state index in [9.17, 15) is 16.8 Å². The Bertz CT molecular complexity index is 671. The van der Waals surface area contributed by atoms with Crippen LogP contribution in [-0.2, 0) is 24.3 Å². The molecule has 0 aromatic heterocycles. The molecule has 0 radical (unpaired) electrons. The third-order valence-corrected chi connectivity index (χ3v) is 5.87. The van der Waals surface area contributed by atoms with Crippen molar-refractivity contribution in [3.8, 4) is 0 Å². The van der Waals surface area contributed by atoms with Crippen LogP contribution in [0.1, 0.15) is 5.56 Å². The van der Waals surface area contributed by atoms with Crippen LogP contribution < -0.4 is 0 Å². The molecule has 0 bridgehead atoms. The zero-order valence-corrected chi connectivity index (χ0v) is 9.81. The molecule has 2 rings (SSSR count). The van der Waals surface area contributed by atoms with Gasteiger partial charge in [0.2, 0.25) is 0 Å². The monoisotopic (exact) mass is 277 g/mol. The third kappa shape index (κ3) is 1.51. The standard InChI is InChI=1S/C8H7NO6S2/c10-16(11,12)8(17(13,14)15)5-9-7-4-2-1-3-6(7)8/h1-5H,(H,10,11,12)(H,13,14,15). The Hall–Kier alpha value is -1.29. The molecule has 0 unspecified atom stereocenters. The van der Waals surface area contributed by atoms with Crippen molar-refractivity contribution in [2.24, 2.45) is 4.99 Å². The molecule has 0 saturated carbocycles. The molecular formula is C8H7NO6S2. The molecule has 0 spiro atoms. The summed E-state index contributed by atoms with van der Waals surface area (Å²) < 4.78 is 60.4. The largest absolute Gasteiger partial charge is 0.297 e. The van der Waals surface area contributed by atoms with Crippen molar-refractivity contribution in [2.75, 3.05) is 0 Å². The summed E-state index contributed by atoms with van der Waals surface area (Å²) in [5.41, 5.74) is -0.243. The van der Waals surface area contributed by atoms with Gasteiger partial charge in [0.15, 0.2) is 0 Å². The summed E-state index contributed by atoms with van der Waals surface area (Å²) in [6, 6.07) is 5.41. The van der Waals surface area contributed by atoms with E-state index in [1.807, 2.05) is 0 Å². The van der Waals surface area contributed by atoms with E-state index in [0.29, 0.717) is 6.21 Å². The maximum Gasteiger partial charge on any atom is 0.297 e. The summed E-state index contributed by atoms with van der Waals surface area (Å²) in [4.78, 5) is 3.58. The third-order valence-electron chi connectivity index (χ3n) is 2.42. The minimum atomic E-state index is -5.12. The molecule has 7 nitrogen and oxygen atoms in total. The summed E-state index contributed by atoms with van der Waals surface area (Å²) in [6.07, 6.45) is 0.502. The molecule has 0 fully saturated rings. The highest BCUT2D eigenvalue weighted by atomic mass is 32.3.